The zero-order chi connectivity index (χ0) is 16.7. The maximum atomic E-state index is 12.3. The molecule has 0 aliphatic carbocycles. The molecule has 4 heteroatoms. The van der Waals surface area contributed by atoms with Crippen LogP contribution in [-0.2, 0) is 16.1 Å². The molecule has 3 aromatic rings. The number of carbonyl (C=O) groups is 1. The molecule has 1 amide bonds. The Morgan fingerprint density at radius 3 is 2.67 bits per heavy atom. The molecule has 0 saturated heterocycles. The fourth-order valence-corrected chi connectivity index (χ4v) is 3.23. The summed E-state index contributed by atoms with van der Waals surface area (Å²) >= 11 is 0. The minimum Gasteiger partial charge on any atom is -0.456 e. The number of amides is 1. The Kier molecular flexibility index (Phi) is 3.62. The summed E-state index contributed by atoms with van der Waals surface area (Å²) < 4.78 is 11.5. The molecule has 1 aromatic heterocycles. The molecule has 0 N–H and O–H groups in total. The third kappa shape index (κ3) is 2.49. The number of fused-ring (bicyclic) bond motifs is 2. The number of rotatable bonds is 2. The highest BCUT2D eigenvalue weighted by molar-refractivity contribution is 5.96. The molecular weight excluding hydrogens is 302 g/mol. The molecule has 0 radical (unpaired) electrons. The van der Waals surface area contributed by atoms with Crippen molar-refractivity contribution in [2.24, 2.45) is 0 Å². The van der Waals surface area contributed by atoms with Crippen LogP contribution < -0.4 is 4.90 Å². The molecule has 0 bridgehead atoms. The van der Waals surface area contributed by atoms with E-state index < -0.39 is 0 Å². The zero-order valence-corrected chi connectivity index (χ0v) is 13.8. The Balaban J connectivity index is 1.80. The zero-order valence-electron chi connectivity index (χ0n) is 13.8. The molecule has 0 atom stereocenters. The summed E-state index contributed by atoms with van der Waals surface area (Å²) in [6, 6.07) is 16.1. The van der Waals surface area contributed by atoms with Gasteiger partial charge in [0.05, 0.1) is 6.61 Å². The van der Waals surface area contributed by atoms with Crippen LogP contribution in [0.25, 0.3) is 22.3 Å². The third-order valence-corrected chi connectivity index (χ3v) is 4.32. The van der Waals surface area contributed by atoms with Gasteiger partial charge in [0.15, 0.2) is 0 Å². The van der Waals surface area contributed by atoms with Crippen molar-refractivity contribution in [2.75, 3.05) is 11.5 Å². The summed E-state index contributed by atoms with van der Waals surface area (Å²) in [4.78, 5) is 14.1. The van der Waals surface area contributed by atoms with Gasteiger partial charge >= 0.3 is 0 Å². The molecule has 1 aliphatic rings. The minimum atomic E-state index is 0.000220. The van der Waals surface area contributed by atoms with Gasteiger partial charge in [-0.3, -0.25) is 4.79 Å². The van der Waals surface area contributed by atoms with Crippen LogP contribution in [0.1, 0.15) is 19.4 Å². The Hall–Kier alpha value is -2.59. The van der Waals surface area contributed by atoms with E-state index >= 15 is 0 Å². The predicted molar refractivity (Wildman–Crippen MR) is 93.9 cm³/mol. The maximum Gasteiger partial charge on any atom is 0.253 e. The quantitative estimate of drug-likeness (QED) is 0.704. The lowest BCUT2D eigenvalue weighted by Gasteiger charge is -2.26. The molecule has 24 heavy (non-hydrogen) atoms. The van der Waals surface area contributed by atoms with E-state index in [1.165, 1.54) is 0 Å². The molecule has 0 unspecified atom stereocenters. The van der Waals surface area contributed by atoms with Gasteiger partial charge in [-0.05, 0) is 44.2 Å². The largest absolute Gasteiger partial charge is 0.456 e. The number of anilines is 1. The van der Waals surface area contributed by atoms with Crippen LogP contribution in [0.4, 0.5) is 5.69 Å². The minimum absolute atomic E-state index is 0.000220. The third-order valence-electron chi connectivity index (χ3n) is 4.32. The highest BCUT2D eigenvalue weighted by atomic mass is 16.5. The average Bonchev–Trinajstić information content (AvgIpc) is 2.92. The van der Waals surface area contributed by atoms with Crippen LogP contribution in [0.5, 0.6) is 0 Å². The normalized spacial score (nSPS) is 15.0. The van der Waals surface area contributed by atoms with Crippen molar-refractivity contribution in [1.29, 1.82) is 0 Å². The van der Waals surface area contributed by atoms with E-state index in [1.807, 2.05) is 61.2 Å². The number of furan rings is 1. The van der Waals surface area contributed by atoms with E-state index in [9.17, 15) is 4.79 Å². The van der Waals surface area contributed by atoms with Crippen LogP contribution >= 0.6 is 0 Å². The first kappa shape index (κ1) is 15.0. The molecule has 4 nitrogen and oxygen atoms in total. The van der Waals surface area contributed by atoms with Crippen molar-refractivity contribution < 1.29 is 13.9 Å². The van der Waals surface area contributed by atoms with Gasteiger partial charge in [-0.15, -0.1) is 0 Å². The monoisotopic (exact) mass is 321 g/mol. The lowest BCUT2D eigenvalue weighted by Crippen LogP contribution is -2.38. The standard InChI is InChI=1S/C20H19NO3/c1-13(2)21-17-8-7-15(9-16(17)11-23-12-20(21)22)19-10-14-5-3-4-6-18(14)24-19/h3-10,13H,11-12H2,1-2H3. The molecular formula is C20H19NO3. The molecule has 0 spiro atoms. The van der Waals surface area contributed by atoms with Crippen LogP contribution in [0.15, 0.2) is 52.9 Å². The molecule has 2 aromatic carbocycles. The molecule has 122 valence electrons. The van der Waals surface area contributed by atoms with Gasteiger partial charge in [0.2, 0.25) is 0 Å². The van der Waals surface area contributed by atoms with E-state index in [0.717, 1.165) is 33.5 Å². The van der Waals surface area contributed by atoms with E-state index in [-0.39, 0.29) is 18.6 Å². The van der Waals surface area contributed by atoms with E-state index in [0.29, 0.717) is 6.61 Å². The topological polar surface area (TPSA) is 42.7 Å². The number of carbonyl (C=O) groups excluding carboxylic acids is 1. The fourth-order valence-electron chi connectivity index (χ4n) is 3.23. The molecule has 1 aliphatic heterocycles. The summed E-state index contributed by atoms with van der Waals surface area (Å²) in [6.07, 6.45) is 0. The second-order valence-corrected chi connectivity index (χ2v) is 6.34. The van der Waals surface area contributed by atoms with Crippen molar-refractivity contribution in [2.45, 2.75) is 26.5 Å². The lowest BCUT2D eigenvalue weighted by atomic mass is 10.1. The Morgan fingerprint density at radius 2 is 1.88 bits per heavy atom. The van der Waals surface area contributed by atoms with Gasteiger partial charge in [0, 0.05) is 28.2 Å². The van der Waals surface area contributed by atoms with Gasteiger partial charge in [-0.1, -0.05) is 18.2 Å². The lowest BCUT2D eigenvalue weighted by molar-refractivity contribution is -0.123. The van der Waals surface area contributed by atoms with Gasteiger partial charge in [-0.2, -0.15) is 0 Å². The SMILES string of the molecule is CC(C)N1C(=O)COCc2cc(-c3cc4ccccc4o3)ccc21. The second-order valence-electron chi connectivity index (χ2n) is 6.34. The van der Waals surface area contributed by atoms with Crippen LogP contribution in [0.3, 0.4) is 0 Å². The molecule has 2 heterocycles. The summed E-state index contributed by atoms with van der Waals surface area (Å²) in [5.74, 6) is 0.825. The Labute approximate surface area is 140 Å². The summed E-state index contributed by atoms with van der Waals surface area (Å²) in [5.41, 5.74) is 3.80. The molecule has 0 saturated carbocycles. The number of hydrogen-bond acceptors (Lipinski definition) is 3. The highest BCUT2D eigenvalue weighted by Crippen LogP contribution is 2.33. The Bertz CT molecular complexity index is 877. The Morgan fingerprint density at radius 1 is 1.04 bits per heavy atom. The van der Waals surface area contributed by atoms with E-state index in [1.54, 1.807) is 0 Å². The predicted octanol–water partition coefficient (Wildman–Crippen LogP) is 4.37. The fraction of sp³-hybridized carbons (Fsp3) is 0.250. The highest BCUT2D eigenvalue weighted by Gasteiger charge is 2.25. The first-order valence-electron chi connectivity index (χ1n) is 8.15. The van der Waals surface area contributed by atoms with E-state index in [2.05, 4.69) is 6.07 Å². The summed E-state index contributed by atoms with van der Waals surface area (Å²) in [6.45, 7) is 4.57. The van der Waals surface area contributed by atoms with Gasteiger partial charge in [0.1, 0.15) is 18.0 Å². The van der Waals surface area contributed by atoms with Crippen LogP contribution in [0, 0.1) is 0 Å². The van der Waals surface area contributed by atoms with Crippen molar-refractivity contribution >= 4 is 22.6 Å². The van der Waals surface area contributed by atoms with Crippen LogP contribution in [0.2, 0.25) is 0 Å². The first-order valence-corrected chi connectivity index (χ1v) is 8.15. The van der Waals surface area contributed by atoms with Gasteiger partial charge in [-0.25, -0.2) is 0 Å². The van der Waals surface area contributed by atoms with E-state index in [4.69, 9.17) is 9.15 Å². The van der Waals surface area contributed by atoms with Crippen molar-refractivity contribution in [3.8, 4) is 11.3 Å². The first-order chi connectivity index (χ1) is 11.6. The van der Waals surface area contributed by atoms with Crippen molar-refractivity contribution in [1.82, 2.24) is 0 Å². The van der Waals surface area contributed by atoms with Gasteiger partial charge in [0.25, 0.3) is 5.91 Å². The molecule has 0 fully saturated rings. The van der Waals surface area contributed by atoms with Crippen molar-refractivity contribution in [3.05, 3.63) is 54.1 Å². The maximum absolute atomic E-state index is 12.3. The van der Waals surface area contributed by atoms with Crippen LogP contribution in [-0.4, -0.2) is 18.6 Å². The van der Waals surface area contributed by atoms with Gasteiger partial charge < -0.3 is 14.1 Å². The molecule has 4 rings (SSSR count). The second kappa shape index (κ2) is 5.80. The number of benzene rings is 2. The number of ether oxygens (including phenoxy) is 1. The number of para-hydroxylation sites is 1. The average molecular weight is 321 g/mol. The number of hydrogen-bond donors (Lipinski definition) is 0. The summed E-state index contributed by atoms with van der Waals surface area (Å²) in [7, 11) is 0. The number of nitrogens with zero attached hydrogens (tertiary/aromatic N) is 1. The smallest absolute Gasteiger partial charge is 0.253 e. The van der Waals surface area contributed by atoms with Crippen molar-refractivity contribution in [3.63, 3.8) is 0 Å². The summed E-state index contributed by atoms with van der Waals surface area (Å²) in [5, 5.41) is 1.08.